The lowest BCUT2D eigenvalue weighted by Crippen LogP contribution is -1.99. The minimum absolute atomic E-state index is 0.287. The molecule has 2 aromatic rings. The Morgan fingerprint density at radius 3 is 2.60 bits per heavy atom. The number of aromatic nitrogens is 2. The van der Waals surface area contributed by atoms with E-state index >= 15 is 0 Å². The van der Waals surface area contributed by atoms with Crippen LogP contribution < -0.4 is 0 Å². The van der Waals surface area contributed by atoms with E-state index in [4.69, 9.17) is 0 Å². The van der Waals surface area contributed by atoms with Gasteiger partial charge in [0.25, 0.3) is 0 Å². The van der Waals surface area contributed by atoms with Gasteiger partial charge in [-0.2, -0.15) is 5.10 Å². The summed E-state index contributed by atoms with van der Waals surface area (Å²) in [6.07, 6.45) is 1.91. The number of halogens is 2. The second-order valence-corrected chi connectivity index (χ2v) is 3.11. The number of rotatable bonds is 2. The summed E-state index contributed by atoms with van der Waals surface area (Å²) in [6.45, 7) is 0. The molecule has 0 aliphatic heterocycles. The van der Waals surface area contributed by atoms with Gasteiger partial charge in [0.1, 0.15) is 6.10 Å². The van der Waals surface area contributed by atoms with E-state index in [0.717, 1.165) is 12.1 Å². The van der Waals surface area contributed by atoms with Gasteiger partial charge in [-0.1, -0.05) is 6.07 Å². The third kappa shape index (κ3) is 1.87. The van der Waals surface area contributed by atoms with Crippen molar-refractivity contribution in [2.75, 3.05) is 0 Å². The maximum absolute atomic E-state index is 12.9. The normalized spacial score (nSPS) is 12.7. The number of H-pyrrole nitrogens is 1. The zero-order chi connectivity index (χ0) is 10.8. The van der Waals surface area contributed by atoms with Gasteiger partial charge in [-0.25, -0.2) is 8.78 Å². The van der Waals surface area contributed by atoms with E-state index in [0.29, 0.717) is 5.56 Å². The van der Waals surface area contributed by atoms with Gasteiger partial charge in [0.05, 0.1) is 6.20 Å². The summed E-state index contributed by atoms with van der Waals surface area (Å²) < 4.78 is 25.5. The first-order valence-electron chi connectivity index (χ1n) is 4.30. The van der Waals surface area contributed by atoms with Crippen LogP contribution in [0.3, 0.4) is 0 Å². The van der Waals surface area contributed by atoms with Gasteiger partial charge in [0, 0.05) is 11.8 Å². The molecule has 2 N–H and O–H groups in total. The largest absolute Gasteiger partial charge is 0.384 e. The van der Waals surface area contributed by atoms with Crippen molar-refractivity contribution < 1.29 is 13.9 Å². The fourth-order valence-electron chi connectivity index (χ4n) is 1.29. The van der Waals surface area contributed by atoms with Gasteiger partial charge in [-0.3, -0.25) is 5.10 Å². The maximum Gasteiger partial charge on any atom is 0.159 e. The van der Waals surface area contributed by atoms with E-state index in [1.807, 2.05) is 0 Å². The van der Waals surface area contributed by atoms with Crippen LogP contribution >= 0.6 is 0 Å². The van der Waals surface area contributed by atoms with Crippen LogP contribution in [0, 0.1) is 11.6 Å². The SMILES string of the molecule is OC(c1cn[nH]c1)c1ccc(F)c(F)c1. The number of aromatic amines is 1. The van der Waals surface area contributed by atoms with Crippen molar-refractivity contribution in [1.82, 2.24) is 10.2 Å². The zero-order valence-electron chi connectivity index (χ0n) is 7.61. The molecule has 0 aliphatic rings. The highest BCUT2D eigenvalue weighted by Crippen LogP contribution is 2.22. The Kier molecular flexibility index (Phi) is 2.47. The minimum Gasteiger partial charge on any atom is -0.384 e. The molecule has 1 atom stereocenters. The Balaban J connectivity index is 2.34. The number of nitrogens with zero attached hydrogens (tertiary/aromatic N) is 1. The Morgan fingerprint density at radius 1 is 1.20 bits per heavy atom. The topological polar surface area (TPSA) is 48.9 Å². The molecule has 0 radical (unpaired) electrons. The van der Waals surface area contributed by atoms with E-state index in [9.17, 15) is 13.9 Å². The first kappa shape index (κ1) is 9.79. The van der Waals surface area contributed by atoms with Crippen molar-refractivity contribution in [3.63, 3.8) is 0 Å². The van der Waals surface area contributed by atoms with Crippen molar-refractivity contribution in [2.24, 2.45) is 0 Å². The molecule has 0 bridgehead atoms. The molecule has 0 spiro atoms. The number of aliphatic hydroxyl groups is 1. The summed E-state index contributed by atoms with van der Waals surface area (Å²) in [5, 5.41) is 15.9. The van der Waals surface area contributed by atoms with E-state index in [-0.39, 0.29) is 5.56 Å². The van der Waals surface area contributed by atoms with Crippen LogP contribution in [-0.2, 0) is 0 Å². The minimum atomic E-state index is -1.00. The van der Waals surface area contributed by atoms with Crippen LogP contribution in [0.25, 0.3) is 0 Å². The summed E-state index contributed by atoms with van der Waals surface area (Å²) in [4.78, 5) is 0. The zero-order valence-corrected chi connectivity index (χ0v) is 7.61. The molecular formula is C10H8F2N2O. The summed E-state index contributed by atoms with van der Waals surface area (Å²) in [5.41, 5.74) is 0.788. The van der Waals surface area contributed by atoms with Crippen molar-refractivity contribution in [1.29, 1.82) is 0 Å². The third-order valence-corrected chi connectivity index (χ3v) is 2.09. The molecule has 3 nitrogen and oxygen atoms in total. The quantitative estimate of drug-likeness (QED) is 0.793. The number of hydrogen-bond donors (Lipinski definition) is 2. The molecule has 0 aliphatic carbocycles. The van der Waals surface area contributed by atoms with Gasteiger partial charge in [-0.05, 0) is 17.7 Å². The highest BCUT2D eigenvalue weighted by Gasteiger charge is 2.13. The van der Waals surface area contributed by atoms with Crippen LogP contribution in [-0.4, -0.2) is 15.3 Å². The lowest BCUT2D eigenvalue weighted by molar-refractivity contribution is 0.219. The summed E-state index contributed by atoms with van der Waals surface area (Å²) in [7, 11) is 0. The fourth-order valence-corrected chi connectivity index (χ4v) is 1.29. The van der Waals surface area contributed by atoms with Gasteiger partial charge >= 0.3 is 0 Å². The lowest BCUT2D eigenvalue weighted by Gasteiger charge is -2.08. The number of hydrogen-bond acceptors (Lipinski definition) is 2. The number of nitrogens with one attached hydrogen (secondary N) is 1. The van der Waals surface area contributed by atoms with Gasteiger partial charge < -0.3 is 5.11 Å². The van der Waals surface area contributed by atoms with Crippen molar-refractivity contribution in [3.8, 4) is 0 Å². The predicted molar refractivity (Wildman–Crippen MR) is 49.0 cm³/mol. The van der Waals surface area contributed by atoms with Crippen LogP contribution in [0.15, 0.2) is 30.6 Å². The monoisotopic (exact) mass is 210 g/mol. The van der Waals surface area contributed by atoms with E-state index in [1.54, 1.807) is 0 Å². The average Bonchev–Trinajstić information content (AvgIpc) is 2.74. The first-order valence-corrected chi connectivity index (χ1v) is 4.30. The standard InChI is InChI=1S/C10H8F2N2O/c11-8-2-1-6(3-9(8)12)10(15)7-4-13-14-5-7/h1-5,10,15H,(H,13,14). The van der Waals surface area contributed by atoms with Gasteiger partial charge in [0.2, 0.25) is 0 Å². The molecule has 0 saturated heterocycles. The molecule has 0 amide bonds. The third-order valence-electron chi connectivity index (χ3n) is 2.09. The number of benzene rings is 1. The highest BCUT2D eigenvalue weighted by atomic mass is 19.2. The van der Waals surface area contributed by atoms with Crippen LogP contribution in [0.1, 0.15) is 17.2 Å². The molecule has 78 valence electrons. The first-order chi connectivity index (χ1) is 7.18. The molecular weight excluding hydrogens is 202 g/mol. The molecule has 5 heteroatoms. The van der Waals surface area contributed by atoms with Crippen molar-refractivity contribution >= 4 is 0 Å². The fraction of sp³-hybridized carbons (Fsp3) is 0.100. The molecule has 1 heterocycles. The van der Waals surface area contributed by atoms with E-state index in [2.05, 4.69) is 10.2 Å². The van der Waals surface area contributed by atoms with Crippen molar-refractivity contribution in [3.05, 3.63) is 53.4 Å². The van der Waals surface area contributed by atoms with E-state index < -0.39 is 17.7 Å². The van der Waals surface area contributed by atoms with E-state index in [1.165, 1.54) is 18.5 Å². The second-order valence-electron chi connectivity index (χ2n) is 3.11. The lowest BCUT2D eigenvalue weighted by atomic mass is 10.0. The summed E-state index contributed by atoms with van der Waals surface area (Å²) in [6, 6.07) is 3.27. The van der Waals surface area contributed by atoms with Crippen LogP contribution in [0.2, 0.25) is 0 Å². The number of aliphatic hydroxyl groups excluding tert-OH is 1. The molecule has 0 fully saturated rings. The Labute approximate surface area is 84.4 Å². The maximum atomic E-state index is 12.9. The predicted octanol–water partition coefficient (Wildman–Crippen LogP) is 1.77. The molecule has 1 unspecified atom stereocenters. The summed E-state index contributed by atoms with van der Waals surface area (Å²) in [5.74, 6) is -1.91. The summed E-state index contributed by atoms with van der Waals surface area (Å²) >= 11 is 0. The molecule has 2 rings (SSSR count). The van der Waals surface area contributed by atoms with Gasteiger partial charge in [0.15, 0.2) is 11.6 Å². The van der Waals surface area contributed by atoms with Crippen molar-refractivity contribution in [2.45, 2.75) is 6.10 Å². The highest BCUT2D eigenvalue weighted by molar-refractivity contribution is 5.27. The Hall–Kier alpha value is -1.75. The molecule has 0 saturated carbocycles. The smallest absolute Gasteiger partial charge is 0.159 e. The molecule has 1 aromatic carbocycles. The van der Waals surface area contributed by atoms with Crippen LogP contribution in [0.4, 0.5) is 8.78 Å². The van der Waals surface area contributed by atoms with Gasteiger partial charge in [-0.15, -0.1) is 0 Å². The average molecular weight is 210 g/mol. The molecule has 15 heavy (non-hydrogen) atoms. The second kappa shape index (κ2) is 3.78. The van der Waals surface area contributed by atoms with Crippen LogP contribution in [0.5, 0.6) is 0 Å². The Bertz CT molecular complexity index is 456. The Morgan fingerprint density at radius 2 is 2.00 bits per heavy atom. The molecule has 1 aromatic heterocycles.